The summed E-state index contributed by atoms with van der Waals surface area (Å²) in [6.07, 6.45) is 2.70. The molecule has 4 heteroatoms. The first-order chi connectivity index (χ1) is 7.77. The zero-order valence-electron chi connectivity index (χ0n) is 9.44. The van der Waals surface area contributed by atoms with Gasteiger partial charge in [-0.05, 0) is 24.5 Å². The average molecular weight is 236 g/mol. The average Bonchev–Trinajstić information content (AvgIpc) is 2.76. The highest BCUT2D eigenvalue weighted by Crippen LogP contribution is 2.21. The van der Waals surface area contributed by atoms with E-state index in [0.717, 1.165) is 17.9 Å². The van der Waals surface area contributed by atoms with E-state index in [2.05, 4.69) is 42.2 Å². The Labute approximate surface area is 100 Å². The standard InChI is InChI=1S/C12H14ClN3/c1-3-10-6-4-5-9(2)12(10)16-8-14-15-11(16)7-13/h4-6,8H,3,7H2,1-2H3. The Morgan fingerprint density at radius 2 is 2.19 bits per heavy atom. The summed E-state index contributed by atoms with van der Waals surface area (Å²) in [4.78, 5) is 0. The number of hydrogen-bond acceptors (Lipinski definition) is 2. The normalized spacial score (nSPS) is 10.7. The Morgan fingerprint density at radius 1 is 1.38 bits per heavy atom. The molecular weight excluding hydrogens is 222 g/mol. The van der Waals surface area contributed by atoms with Crippen molar-refractivity contribution >= 4 is 11.6 Å². The minimum absolute atomic E-state index is 0.373. The van der Waals surface area contributed by atoms with Crippen LogP contribution in [0.2, 0.25) is 0 Å². The topological polar surface area (TPSA) is 30.7 Å². The minimum Gasteiger partial charge on any atom is -0.284 e. The molecule has 0 N–H and O–H groups in total. The van der Waals surface area contributed by atoms with Crippen molar-refractivity contribution in [1.29, 1.82) is 0 Å². The Morgan fingerprint density at radius 3 is 2.88 bits per heavy atom. The number of hydrogen-bond donors (Lipinski definition) is 0. The van der Waals surface area contributed by atoms with Gasteiger partial charge >= 0.3 is 0 Å². The molecule has 1 aromatic carbocycles. The van der Waals surface area contributed by atoms with Crippen molar-refractivity contribution in [2.24, 2.45) is 0 Å². The molecule has 84 valence electrons. The van der Waals surface area contributed by atoms with Gasteiger partial charge in [0.25, 0.3) is 0 Å². The maximum Gasteiger partial charge on any atom is 0.152 e. The molecule has 0 atom stereocenters. The van der Waals surface area contributed by atoms with Crippen LogP contribution in [-0.2, 0) is 12.3 Å². The van der Waals surface area contributed by atoms with Crippen LogP contribution in [0.1, 0.15) is 23.9 Å². The second-order valence-electron chi connectivity index (χ2n) is 3.69. The van der Waals surface area contributed by atoms with Crippen LogP contribution < -0.4 is 0 Å². The number of benzene rings is 1. The number of halogens is 1. The molecule has 1 aromatic heterocycles. The quantitative estimate of drug-likeness (QED) is 0.766. The highest BCUT2D eigenvalue weighted by molar-refractivity contribution is 6.16. The molecule has 0 aliphatic heterocycles. The Hall–Kier alpha value is -1.35. The first kappa shape index (κ1) is 11.1. The van der Waals surface area contributed by atoms with Gasteiger partial charge in [0.2, 0.25) is 0 Å². The Balaban J connectivity index is 2.63. The first-order valence-electron chi connectivity index (χ1n) is 5.31. The van der Waals surface area contributed by atoms with E-state index < -0.39 is 0 Å². The summed E-state index contributed by atoms with van der Waals surface area (Å²) in [6, 6.07) is 6.29. The van der Waals surface area contributed by atoms with E-state index in [9.17, 15) is 0 Å². The molecule has 0 aliphatic rings. The smallest absolute Gasteiger partial charge is 0.152 e. The third kappa shape index (κ3) is 1.83. The van der Waals surface area contributed by atoms with Crippen LogP contribution in [0, 0.1) is 6.92 Å². The van der Waals surface area contributed by atoms with E-state index in [1.165, 1.54) is 11.1 Å². The van der Waals surface area contributed by atoms with Crippen molar-refractivity contribution in [3.8, 4) is 5.69 Å². The summed E-state index contributed by atoms with van der Waals surface area (Å²) in [5.41, 5.74) is 3.65. The summed E-state index contributed by atoms with van der Waals surface area (Å²) in [5, 5.41) is 7.92. The van der Waals surface area contributed by atoms with Gasteiger partial charge in [0.15, 0.2) is 5.82 Å². The number of aromatic nitrogens is 3. The van der Waals surface area contributed by atoms with Crippen molar-refractivity contribution in [3.63, 3.8) is 0 Å². The molecule has 0 spiro atoms. The highest BCUT2D eigenvalue weighted by atomic mass is 35.5. The van der Waals surface area contributed by atoms with Crippen molar-refractivity contribution in [1.82, 2.24) is 14.8 Å². The number of rotatable bonds is 3. The molecule has 2 aromatic rings. The molecular formula is C12H14ClN3. The van der Waals surface area contributed by atoms with E-state index >= 15 is 0 Å². The molecule has 16 heavy (non-hydrogen) atoms. The predicted octanol–water partition coefficient (Wildman–Crippen LogP) is 2.88. The van der Waals surface area contributed by atoms with Crippen molar-refractivity contribution in [2.45, 2.75) is 26.1 Å². The van der Waals surface area contributed by atoms with Crippen LogP contribution in [0.4, 0.5) is 0 Å². The lowest BCUT2D eigenvalue weighted by atomic mass is 10.1. The van der Waals surface area contributed by atoms with Crippen LogP contribution in [-0.4, -0.2) is 14.8 Å². The van der Waals surface area contributed by atoms with Crippen LogP contribution >= 0.6 is 11.6 Å². The van der Waals surface area contributed by atoms with Crippen molar-refractivity contribution in [2.75, 3.05) is 0 Å². The second kappa shape index (κ2) is 4.66. The zero-order chi connectivity index (χ0) is 11.5. The van der Waals surface area contributed by atoms with Crippen LogP contribution in [0.25, 0.3) is 5.69 Å². The van der Waals surface area contributed by atoms with Crippen molar-refractivity contribution in [3.05, 3.63) is 41.5 Å². The largest absolute Gasteiger partial charge is 0.284 e. The van der Waals surface area contributed by atoms with Gasteiger partial charge in [-0.15, -0.1) is 21.8 Å². The number of para-hydroxylation sites is 1. The zero-order valence-corrected chi connectivity index (χ0v) is 10.2. The third-order valence-corrected chi connectivity index (χ3v) is 2.92. The lowest BCUT2D eigenvalue weighted by molar-refractivity contribution is 0.921. The van der Waals surface area contributed by atoms with Crippen LogP contribution in [0.15, 0.2) is 24.5 Å². The van der Waals surface area contributed by atoms with Gasteiger partial charge < -0.3 is 0 Å². The third-order valence-electron chi connectivity index (χ3n) is 2.68. The van der Waals surface area contributed by atoms with E-state index in [-0.39, 0.29) is 0 Å². The van der Waals surface area contributed by atoms with E-state index in [4.69, 9.17) is 11.6 Å². The Bertz CT molecular complexity index is 491. The highest BCUT2D eigenvalue weighted by Gasteiger charge is 2.10. The van der Waals surface area contributed by atoms with Gasteiger partial charge in [-0.3, -0.25) is 4.57 Å². The summed E-state index contributed by atoms with van der Waals surface area (Å²) in [6.45, 7) is 4.23. The van der Waals surface area contributed by atoms with Gasteiger partial charge in [-0.25, -0.2) is 0 Å². The summed E-state index contributed by atoms with van der Waals surface area (Å²) in [7, 11) is 0. The van der Waals surface area contributed by atoms with Gasteiger partial charge in [0.1, 0.15) is 6.33 Å². The molecule has 0 fully saturated rings. The molecule has 1 heterocycles. The SMILES string of the molecule is CCc1cccc(C)c1-n1cnnc1CCl. The van der Waals surface area contributed by atoms with Gasteiger partial charge in [0, 0.05) is 0 Å². The summed E-state index contributed by atoms with van der Waals surface area (Å²) in [5.74, 6) is 1.16. The number of alkyl halides is 1. The second-order valence-corrected chi connectivity index (χ2v) is 3.95. The van der Waals surface area contributed by atoms with E-state index in [1.807, 2.05) is 4.57 Å². The number of aryl methyl sites for hydroxylation is 2. The van der Waals surface area contributed by atoms with Gasteiger partial charge in [-0.2, -0.15) is 0 Å². The van der Waals surface area contributed by atoms with Crippen LogP contribution in [0.5, 0.6) is 0 Å². The number of nitrogens with zero attached hydrogens (tertiary/aromatic N) is 3. The first-order valence-corrected chi connectivity index (χ1v) is 5.85. The minimum atomic E-state index is 0.373. The monoisotopic (exact) mass is 235 g/mol. The molecule has 0 saturated carbocycles. The molecule has 0 aliphatic carbocycles. The van der Waals surface area contributed by atoms with Gasteiger partial charge in [0.05, 0.1) is 11.6 Å². The maximum absolute atomic E-state index is 5.85. The molecule has 0 saturated heterocycles. The molecule has 0 unspecified atom stereocenters. The van der Waals surface area contributed by atoms with Crippen molar-refractivity contribution < 1.29 is 0 Å². The molecule has 0 radical (unpaired) electrons. The fourth-order valence-electron chi connectivity index (χ4n) is 1.89. The van der Waals surface area contributed by atoms with E-state index in [0.29, 0.717) is 5.88 Å². The maximum atomic E-state index is 5.85. The van der Waals surface area contributed by atoms with Crippen LogP contribution in [0.3, 0.4) is 0 Å². The lowest BCUT2D eigenvalue weighted by Crippen LogP contribution is -2.04. The summed E-state index contributed by atoms with van der Waals surface area (Å²) < 4.78 is 1.97. The molecule has 2 rings (SSSR count). The fraction of sp³-hybridized carbons (Fsp3) is 0.333. The predicted molar refractivity (Wildman–Crippen MR) is 65.0 cm³/mol. The molecule has 3 nitrogen and oxygen atoms in total. The fourth-order valence-corrected chi connectivity index (χ4v) is 2.07. The molecule has 0 amide bonds. The van der Waals surface area contributed by atoms with E-state index in [1.54, 1.807) is 6.33 Å². The van der Waals surface area contributed by atoms with Gasteiger partial charge in [-0.1, -0.05) is 25.1 Å². The molecule has 0 bridgehead atoms. The summed E-state index contributed by atoms with van der Waals surface area (Å²) >= 11 is 5.85. The lowest BCUT2D eigenvalue weighted by Gasteiger charge is -2.13. The Kier molecular flexibility index (Phi) is 3.25.